The van der Waals surface area contributed by atoms with Crippen molar-refractivity contribution in [3.8, 4) is 5.75 Å². The number of amides is 1. The average molecular weight is 355 g/mol. The Labute approximate surface area is 153 Å². The summed E-state index contributed by atoms with van der Waals surface area (Å²) >= 11 is 0. The van der Waals surface area contributed by atoms with Gasteiger partial charge >= 0.3 is 0 Å². The number of aliphatic hydroxyl groups is 1. The molecule has 3 rings (SSSR count). The third kappa shape index (κ3) is 4.04. The van der Waals surface area contributed by atoms with Gasteiger partial charge in [-0.05, 0) is 30.5 Å². The van der Waals surface area contributed by atoms with Crippen LogP contribution >= 0.6 is 0 Å². The van der Waals surface area contributed by atoms with Crippen molar-refractivity contribution in [3.63, 3.8) is 0 Å². The summed E-state index contributed by atoms with van der Waals surface area (Å²) in [4.78, 5) is 14.6. The minimum absolute atomic E-state index is 0.0623. The third-order valence-electron chi connectivity index (χ3n) is 4.82. The lowest BCUT2D eigenvalue weighted by Gasteiger charge is -2.25. The number of nitrogens with zero attached hydrogens (tertiary/aromatic N) is 1. The molecule has 2 aromatic rings. The van der Waals surface area contributed by atoms with Crippen LogP contribution in [0.4, 0.5) is 0 Å². The number of phenolic OH excluding ortho intramolecular Hbond substituents is 1. The lowest BCUT2D eigenvalue weighted by molar-refractivity contribution is -0.134. The van der Waals surface area contributed by atoms with E-state index in [1.165, 1.54) is 0 Å². The van der Waals surface area contributed by atoms with Crippen LogP contribution in [0.2, 0.25) is 0 Å². The quantitative estimate of drug-likeness (QED) is 0.633. The molecule has 1 heterocycles. The second kappa shape index (κ2) is 8.31. The molecule has 1 aliphatic rings. The van der Waals surface area contributed by atoms with E-state index in [2.05, 4.69) is 10.9 Å². The second-order valence-electron chi connectivity index (χ2n) is 6.60. The first-order valence-electron chi connectivity index (χ1n) is 8.83. The van der Waals surface area contributed by atoms with Crippen molar-refractivity contribution >= 4 is 5.91 Å². The number of hydrogen-bond donors (Lipinski definition) is 4. The lowest BCUT2D eigenvalue weighted by atomic mass is 10.0. The summed E-state index contributed by atoms with van der Waals surface area (Å²) in [6.07, 6.45) is 0.534. The fourth-order valence-corrected chi connectivity index (χ4v) is 3.31. The molecule has 138 valence electrons. The number of aromatic hydroxyl groups is 1. The molecule has 0 bridgehead atoms. The van der Waals surface area contributed by atoms with Crippen molar-refractivity contribution in [2.75, 3.05) is 13.2 Å². The number of nitrogens with one attached hydrogen (secondary N) is 2. The van der Waals surface area contributed by atoms with Gasteiger partial charge in [0.15, 0.2) is 0 Å². The van der Waals surface area contributed by atoms with Gasteiger partial charge in [-0.15, -0.1) is 0 Å². The van der Waals surface area contributed by atoms with Gasteiger partial charge in [-0.3, -0.25) is 4.79 Å². The number of carbonyl (C=O) groups is 1. The summed E-state index contributed by atoms with van der Waals surface area (Å²) in [6, 6.07) is 14.5. The first-order valence-corrected chi connectivity index (χ1v) is 8.83. The fourth-order valence-electron chi connectivity index (χ4n) is 3.31. The highest BCUT2D eigenvalue weighted by atomic mass is 16.3. The van der Waals surface area contributed by atoms with Gasteiger partial charge in [0.25, 0.3) is 0 Å². The molecular weight excluding hydrogens is 330 g/mol. The predicted molar refractivity (Wildman–Crippen MR) is 99.2 cm³/mol. The van der Waals surface area contributed by atoms with E-state index >= 15 is 0 Å². The topological polar surface area (TPSA) is 84.8 Å². The van der Waals surface area contributed by atoms with E-state index in [1.807, 2.05) is 43.3 Å². The van der Waals surface area contributed by atoms with Gasteiger partial charge in [-0.25, -0.2) is 10.9 Å². The molecule has 0 radical (unpaired) electrons. The Morgan fingerprint density at radius 3 is 2.62 bits per heavy atom. The summed E-state index contributed by atoms with van der Waals surface area (Å²) in [7, 11) is 0. The number of benzene rings is 2. The normalized spacial score (nSPS) is 19.5. The number of phenols is 1. The van der Waals surface area contributed by atoms with Crippen LogP contribution in [0.5, 0.6) is 5.75 Å². The van der Waals surface area contributed by atoms with Crippen molar-refractivity contribution in [2.45, 2.75) is 32.0 Å². The molecule has 6 heteroatoms. The van der Waals surface area contributed by atoms with Crippen LogP contribution in [0.15, 0.2) is 48.5 Å². The fraction of sp³-hybridized carbons (Fsp3) is 0.350. The molecule has 1 aliphatic heterocycles. The molecule has 1 saturated heterocycles. The Morgan fingerprint density at radius 2 is 1.88 bits per heavy atom. The van der Waals surface area contributed by atoms with E-state index in [0.717, 1.165) is 16.7 Å². The molecule has 1 fully saturated rings. The molecule has 6 nitrogen and oxygen atoms in total. The number of hydrazine groups is 1. The standard InChI is InChI=1S/C20H25N3O3/c1-14-6-2-3-7-15(14)13-23(10-11-24)20(26)18-12-17(21-22-18)16-8-4-5-9-19(16)25/h2-9,17-18,21-22,24-25H,10-13H2,1H3. The Balaban J connectivity index is 1.70. The van der Waals surface area contributed by atoms with Gasteiger partial charge in [0.2, 0.25) is 5.91 Å². The third-order valence-corrected chi connectivity index (χ3v) is 4.82. The number of aliphatic hydroxyl groups excluding tert-OH is 1. The molecule has 2 atom stereocenters. The van der Waals surface area contributed by atoms with E-state index in [0.29, 0.717) is 13.0 Å². The van der Waals surface area contributed by atoms with E-state index in [9.17, 15) is 15.0 Å². The van der Waals surface area contributed by atoms with E-state index in [4.69, 9.17) is 0 Å². The summed E-state index contributed by atoms with van der Waals surface area (Å²) in [6.45, 7) is 2.68. The maximum absolute atomic E-state index is 13.0. The maximum Gasteiger partial charge on any atom is 0.241 e. The number of carbonyl (C=O) groups excluding carboxylic acids is 1. The second-order valence-corrected chi connectivity index (χ2v) is 6.60. The van der Waals surface area contributed by atoms with Crippen LogP contribution in [-0.4, -0.2) is 40.2 Å². The highest BCUT2D eigenvalue weighted by molar-refractivity contribution is 5.82. The zero-order valence-corrected chi connectivity index (χ0v) is 14.9. The number of rotatable bonds is 6. The van der Waals surface area contributed by atoms with Gasteiger partial charge in [0.05, 0.1) is 12.6 Å². The molecule has 1 amide bonds. The Morgan fingerprint density at radius 1 is 1.15 bits per heavy atom. The van der Waals surface area contributed by atoms with Gasteiger partial charge in [-0.2, -0.15) is 0 Å². The predicted octanol–water partition coefficient (Wildman–Crippen LogP) is 1.63. The number of para-hydroxylation sites is 1. The van der Waals surface area contributed by atoms with Crippen molar-refractivity contribution < 1.29 is 15.0 Å². The van der Waals surface area contributed by atoms with Crippen LogP contribution < -0.4 is 10.9 Å². The van der Waals surface area contributed by atoms with E-state index in [-0.39, 0.29) is 30.9 Å². The molecule has 0 spiro atoms. The van der Waals surface area contributed by atoms with E-state index < -0.39 is 6.04 Å². The van der Waals surface area contributed by atoms with Crippen molar-refractivity contribution in [1.29, 1.82) is 0 Å². The van der Waals surface area contributed by atoms with Crippen molar-refractivity contribution in [2.24, 2.45) is 0 Å². The highest BCUT2D eigenvalue weighted by Gasteiger charge is 2.33. The lowest BCUT2D eigenvalue weighted by Crippen LogP contribution is -2.46. The zero-order valence-electron chi connectivity index (χ0n) is 14.9. The minimum atomic E-state index is -0.407. The smallest absolute Gasteiger partial charge is 0.241 e. The minimum Gasteiger partial charge on any atom is -0.508 e. The first-order chi connectivity index (χ1) is 12.6. The van der Waals surface area contributed by atoms with Crippen LogP contribution in [0.25, 0.3) is 0 Å². The Bertz CT molecular complexity index is 765. The van der Waals surface area contributed by atoms with Gasteiger partial charge in [-0.1, -0.05) is 42.5 Å². The molecule has 0 saturated carbocycles. The molecule has 4 N–H and O–H groups in total. The van der Waals surface area contributed by atoms with Crippen LogP contribution in [-0.2, 0) is 11.3 Å². The summed E-state index contributed by atoms with van der Waals surface area (Å²) < 4.78 is 0. The number of hydrogen-bond acceptors (Lipinski definition) is 5. The Kier molecular flexibility index (Phi) is 5.88. The number of aryl methyl sites for hydroxylation is 1. The van der Waals surface area contributed by atoms with E-state index in [1.54, 1.807) is 17.0 Å². The van der Waals surface area contributed by atoms with Crippen LogP contribution in [0.3, 0.4) is 0 Å². The van der Waals surface area contributed by atoms with Crippen molar-refractivity contribution in [3.05, 3.63) is 65.2 Å². The largest absolute Gasteiger partial charge is 0.508 e. The average Bonchev–Trinajstić information content (AvgIpc) is 3.13. The van der Waals surface area contributed by atoms with Crippen LogP contribution in [0, 0.1) is 6.92 Å². The summed E-state index contributed by atoms with van der Waals surface area (Å²) in [5.74, 6) is 0.153. The molecular formula is C20H25N3O3. The molecule has 0 aliphatic carbocycles. The molecule has 2 aromatic carbocycles. The van der Waals surface area contributed by atoms with Crippen LogP contribution in [0.1, 0.15) is 29.2 Å². The van der Waals surface area contributed by atoms with Gasteiger partial charge in [0.1, 0.15) is 11.8 Å². The Hall–Kier alpha value is -2.41. The summed E-state index contributed by atoms with van der Waals surface area (Å²) in [5.41, 5.74) is 9.09. The monoisotopic (exact) mass is 355 g/mol. The molecule has 2 unspecified atom stereocenters. The van der Waals surface area contributed by atoms with Crippen molar-refractivity contribution in [1.82, 2.24) is 15.8 Å². The maximum atomic E-state index is 13.0. The summed E-state index contributed by atoms with van der Waals surface area (Å²) in [5, 5.41) is 19.4. The molecule has 0 aromatic heterocycles. The highest BCUT2D eigenvalue weighted by Crippen LogP contribution is 2.29. The molecule has 26 heavy (non-hydrogen) atoms. The van der Waals surface area contributed by atoms with Gasteiger partial charge in [0, 0.05) is 18.7 Å². The van der Waals surface area contributed by atoms with Gasteiger partial charge < -0.3 is 15.1 Å². The SMILES string of the molecule is Cc1ccccc1CN(CCO)C(=O)C1CC(c2ccccc2O)NN1. The zero-order chi connectivity index (χ0) is 18.5. The first kappa shape index (κ1) is 18.4.